The Morgan fingerprint density at radius 3 is 2.67 bits per heavy atom. The van der Waals surface area contributed by atoms with E-state index in [1.807, 2.05) is 0 Å². The van der Waals surface area contributed by atoms with Crippen LogP contribution < -0.4 is 4.90 Å². The van der Waals surface area contributed by atoms with Crippen LogP contribution in [0, 0.1) is 10.1 Å². The molecule has 0 radical (unpaired) electrons. The topological polar surface area (TPSA) is 117 Å². The van der Waals surface area contributed by atoms with E-state index < -0.39 is 10.9 Å². The standard InChI is InChI=1S/C13H17N3O5/c17-6-5-15(10-3-1-2-4-10)12-11(16(20)21)7-9(8-14-12)13(18)19/h7-8,10,17H,1-6H2,(H,18,19). The van der Waals surface area contributed by atoms with Crippen molar-refractivity contribution in [1.82, 2.24) is 4.98 Å². The van der Waals surface area contributed by atoms with Gasteiger partial charge in [0, 0.05) is 24.8 Å². The lowest BCUT2D eigenvalue weighted by molar-refractivity contribution is -0.384. The van der Waals surface area contributed by atoms with Crippen LogP contribution in [0.5, 0.6) is 0 Å². The van der Waals surface area contributed by atoms with Crippen molar-refractivity contribution in [3.8, 4) is 0 Å². The molecule has 0 amide bonds. The summed E-state index contributed by atoms with van der Waals surface area (Å²) in [5.74, 6) is -1.13. The summed E-state index contributed by atoms with van der Waals surface area (Å²) in [5, 5.41) is 29.3. The van der Waals surface area contributed by atoms with Gasteiger partial charge in [-0.05, 0) is 12.8 Å². The van der Waals surface area contributed by atoms with Crippen molar-refractivity contribution in [3.63, 3.8) is 0 Å². The van der Waals surface area contributed by atoms with Crippen LogP contribution in [-0.4, -0.2) is 45.3 Å². The van der Waals surface area contributed by atoms with Crippen LogP contribution in [0.15, 0.2) is 12.3 Å². The molecule has 0 bridgehead atoms. The van der Waals surface area contributed by atoms with Crippen LogP contribution in [0.3, 0.4) is 0 Å². The van der Waals surface area contributed by atoms with Gasteiger partial charge in [0.1, 0.15) is 0 Å². The third-order valence-corrected chi connectivity index (χ3v) is 3.67. The first-order chi connectivity index (χ1) is 10.0. The molecule has 21 heavy (non-hydrogen) atoms. The zero-order valence-corrected chi connectivity index (χ0v) is 11.4. The SMILES string of the molecule is O=C(O)c1cnc(N(CCO)C2CCCC2)c([N+](=O)[O-])c1. The molecule has 1 aromatic heterocycles. The van der Waals surface area contributed by atoms with Crippen molar-refractivity contribution < 1.29 is 19.9 Å². The summed E-state index contributed by atoms with van der Waals surface area (Å²) >= 11 is 0. The van der Waals surface area contributed by atoms with E-state index in [9.17, 15) is 20.0 Å². The van der Waals surface area contributed by atoms with Gasteiger partial charge in [-0.2, -0.15) is 0 Å². The highest BCUT2D eigenvalue weighted by atomic mass is 16.6. The average Bonchev–Trinajstić information content (AvgIpc) is 2.98. The Morgan fingerprint density at radius 2 is 2.14 bits per heavy atom. The van der Waals surface area contributed by atoms with E-state index in [0.717, 1.165) is 37.9 Å². The van der Waals surface area contributed by atoms with Crippen molar-refractivity contribution in [3.05, 3.63) is 27.9 Å². The normalized spacial score (nSPS) is 15.1. The minimum Gasteiger partial charge on any atom is -0.478 e. The lowest BCUT2D eigenvalue weighted by Crippen LogP contribution is -2.36. The Balaban J connectivity index is 2.43. The van der Waals surface area contributed by atoms with Gasteiger partial charge in [-0.3, -0.25) is 10.1 Å². The fourth-order valence-corrected chi connectivity index (χ4v) is 2.70. The number of nitrogens with zero attached hydrogens (tertiary/aromatic N) is 3. The van der Waals surface area contributed by atoms with E-state index in [4.69, 9.17) is 5.11 Å². The molecule has 0 aromatic carbocycles. The first-order valence-electron chi connectivity index (χ1n) is 6.80. The number of carboxylic acids is 1. The molecule has 2 N–H and O–H groups in total. The van der Waals surface area contributed by atoms with Gasteiger partial charge in [0.15, 0.2) is 0 Å². The van der Waals surface area contributed by atoms with E-state index in [2.05, 4.69) is 4.98 Å². The Kier molecular flexibility index (Phi) is 4.69. The molecule has 1 aliphatic rings. The van der Waals surface area contributed by atoms with E-state index in [-0.39, 0.29) is 36.3 Å². The number of carbonyl (C=O) groups is 1. The van der Waals surface area contributed by atoms with Crippen molar-refractivity contribution in [2.24, 2.45) is 0 Å². The van der Waals surface area contributed by atoms with Gasteiger partial charge < -0.3 is 15.1 Å². The maximum atomic E-state index is 11.2. The van der Waals surface area contributed by atoms with Gasteiger partial charge in [0.05, 0.1) is 17.1 Å². The molecule has 1 saturated carbocycles. The third kappa shape index (κ3) is 3.27. The smallest absolute Gasteiger partial charge is 0.337 e. The Morgan fingerprint density at radius 1 is 1.48 bits per heavy atom. The number of aromatic nitrogens is 1. The molecule has 114 valence electrons. The van der Waals surface area contributed by atoms with E-state index in [0.29, 0.717) is 0 Å². The highest BCUT2D eigenvalue weighted by Crippen LogP contribution is 2.32. The lowest BCUT2D eigenvalue weighted by Gasteiger charge is -2.29. The highest BCUT2D eigenvalue weighted by molar-refractivity contribution is 5.88. The van der Waals surface area contributed by atoms with Crippen molar-refractivity contribution in [1.29, 1.82) is 0 Å². The fourth-order valence-electron chi connectivity index (χ4n) is 2.70. The second-order valence-corrected chi connectivity index (χ2v) is 4.98. The second-order valence-electron chi connectivity index (χ2n) is 4.98. The molecule has 0 atom stereocenters. The summed E-state index contributed by atoms with van der Waals surface area (Å²) in [5.41, 5.74) is -0.559. The fraction of sp³-hybridized carbons (Fsp3) is 0.538. The molecule has 1 heterocycles. The number of aliphatic hydroxyl groups is 1. The van der Waals surface area contributed by atoms with Crippen molar-refractivity contribution in [2.75, 3.05) is 18.1 Å². The molecule has 0 saturated heterocycles. The molecule has 1 aliphatic carbocycles. The van der Waals surface area contributed by atoms with E-state index in [1.165, 1.54) is 0 Å². The number of nitro groups is 1. The molecule has 1 fully saturated rings. The molecule has 0 unspecified atom stereocenters. The van der Waals surface area contributed by atoms with Crippen LogP contribution in [0.2, 0.25) is 0 Å². The van der Waals surface area contributed by atoms with Gasteiger partial charge in [-0.1, -0.05) is 12.8 Å². The molecule has 8 heteroatoms. The molecule has 0 spiro atoms. The van der Waals surface area contributed by atoms with Gasteiger partial charge >= 0.3 is 11.7 Å². The first-order valence-corrected chi connectivity index (χ1v) is 6.80. The van der Waals surface area contributed by atoms with Crippen LogP contribution in [0.4, 0.5) is 11.5 Å². The van der Waals surface area contributed by atoms with E-state index in [1.54, 1.807) is 4.90 Å². The predicted octanol–water partition coefficient (Wildman–Crippen LogP) is 1.43. The largest absolute Gasteiger partial charge is 0.478 e. The highest BCUT2D eigenvalue weighted by Gasteiger charge is 2.29. The summed E-state index contributed by atoms with van der Waals surface area (Å²) in [6.07, 6.45) is 4.96. The third-order valence-electron chi connectivity index (χ3n) is 3.67. The number of pyridine rings is 1. The number of hydrogen-bond donors (Lipinski definition) is 2. The first kappa shape index (κ1) is 15.2. The monoisotopic (exact) mass is 295 g/mol. The molecular formula is C13H17N3O5. The minimum atomic E-state index is -1.26. The number of rotatable bonds is 6. The Labute approximate surface area is 121 Å². The molecule has 1 aromatic rings. The second kappa shape index (κ2) is 6.49. The Hall–Kier alpha value is -2.22. The van der Waals surface area contributed by atoms with Gasteiger partial charge in [-0.15, -0.1) is 0 Å². The number of carboxylic acid groups (broad SMARTS) is 1. The minimum absolute atomic E-state index is 0.0963. The predicted molar refractivity (Wildman–Crippen MR) is 74.5 cm³/mol. The van der Waals surface area contributed by atoms with E-state index >= 15 is 0 Å². The number of hydrogen-bond acceptors (Lipinski definition) is 6. The van der Waals surface area contributed by atoms with Crippen LogP contribution in [-0.2, 0) is 0 Å². The summed E-state index contributed by atoms with van der Waals surface area (Å²) in [6.45, 7) is 0.0982. The summed E-state index contributed by atoms with van der Waals surface area (Å²) < 4.78 is 0. The average molecular weight is 295 g/mol. The van der Waals surface area contributed by atoms with Gasteiger partial charge in [0.25, 0.3) is 0 Å². The number of aromatic carboxylic acids is 1. The summed E-state index contributed by atoms with van der Waals surface area (Å²) in [4.78, 5) is 27.2. The maximum absolute atomic E-state index is 11.2. The lowest BCUT2D eigenvalue weighted by atomic mass is 10.2. The van der Waals surface area contributed by atoms with Gasteiger partial charge in [-0.25, -0.2) is 9.78 Å². The molecule has 8 nitrogen and oxygen atoms in total. The Bertz CT molecular complexity index is 543. The maximum Gasteiger partial charge on any atom is 0.337 e. The summed E-state index contributed by atoms with van der Waals surface area (Å²) in [6, 6.07) is 1.11. The van der Waals surface area contributed by atoms with Crippen LogP contribution >= 0.6 is 0 Å². The molecule has 0 aliphatic heterocycles. The van der Waals surface area contributed by atoms with Crippen molar-refractivity contribution in [2.45, 2.75) is 31.7 Å². The zero-order valence-electron chi connectivity index (χ0n) is 11.4. The molecular weight excluding hydrogens is 278 g/mol. The molecule has 2 rings (SSSR count). The number of anilines is 1. The quantitative estimate of drug-likeness (QED) is 0.602. The van der Waals surface area contributed by atoms with Crippen molar-refractivity contribution >= 4 is 17.5 Å². The van der Waals surface area contributed by atoms with Crippen LogP contribution in [0.1, 0.15) is 36.0 Å². The summed E-state index contributed by atoms with van der Waals surface area (Å²) in [7, 11) is 0. The van der Waals surface area contributed by atoms with Crippen LogP contribution in [0.25, 0.3) is 0 Å². The zero-order chi connectivity index (χ0) is 15.4. The van der Waals surface area contributed by atoms with Gasteiger partial charge in [0.2, 0.25) is 5.82 Å². The number of aliphatic hydroxyl groups excluding tert-OH is 1.